The number of anilines is 1. The number of rotatable bonds is 7. The van der Waals surface area contributed by atoms with Crippen molar-refractivity contribution >= 4 is 17.6 Å². The molecule has 1 aliphatic rings. The third-order valence-corrected chi connectivity index (χ3v) is 3.05. The smallest absolute Gasteiger partial charge is 0.175 e. The highest BCUT2D eigenvalue weighted by Crippen LogP contribution is 2.43. The van der Waals surface area contributed by atoms with Crippen molar-refractivity contribution in [3.63, 3.8) is 0 Å². The summed E-state index contributed by atoms with van der Waals surface area (Å²) in [5, 5.41) is 20.2. The number of nitroso groups, excluding NO2 is 1. The predicted molar refractivity (Wildman–Crippen MR) is 79.6 cm³/mol. The highest BCUT2D eigenvalue weighted by molar-refractivity contribution is 5.92. The van der Waals surface area contributed by atoms with Gasteiger partial charge >= 0.3 is 0 Å². The number of azide groups is 2. The lowest BCUT2D eigenvalue weighted by Gasteiger charge is -2.10. The molecule has 1 aromatic rings. The summed E-state index contributed by atoms with van der Waals surface area (Å²) in [6.45, 7) is 0.183. The lowest BCUT2D eigenvalue weighted by atomic mass is 10.0. The monoisotopic (exact) mass is 301 g/mol. The molecule has 0 spiro atoms. The van der Waals surface area contributed by atoms with E-state index in [1.54, 1.807) is 0 Å². The van der Waals surface area contributed by atoms with Gasteiger partial charge in [-0.3, -0.25) is 0 Å². The Labute approximate surface area is 124 Å². The number of benzene rings is 1. The van der Waals surface area contributed by atoms with Crippen LogP contribution in [0.4, 0.5) is 11.4 Å². The Bertz CT molecular complexity index is 704. The highest BCUT2D eigenvalue weighted by atomic mass is 16.5. The summed E-state index contributed by atoms with van der Waals surface area (Å²) >= 11 is 0. The molecule has 11 heteroatoms. The van der Waals surface area contributed by atoms with Gasteiger partial charge in [0.15, 0.2) is 12.0 Å². The molecule has 0 fully saturated rings. The minimum Gasteiger partial charge on any atom is -0.468 e. The zero-order valence-corrected chi connectivity index (χ0v) is 11.3. The van der Waals surface area contributed by atoms with Crippen LogP contribution in [-0.2, 0) is 6.42 Å². The van der Waals surface area contributed by atoms with Gasteiger partial charge in [-0.2, -0.15) is 0 Å². The van der Waals surface area contributed by atoms with Crippen molar-refractivity contribution in [1.29, 1.82) is 5.41 Å². The van der Waals surface area contributed by atoms with Crippen molar-refractivity contribution in [3.8, 4) is 5.75 Å². The maximum Gasteiger partial charge on any atom is 0.175 e. The molecule has 0 aromatic heterocycles. The maximum absolute atomic E-state index is 11.0. The van der Waals surface area contributed by atoms with E-state index in [2.05, 4.69) is 30.5 Å². The van der Waals surface area contributed by atoms with E-state index >= 15 is 0 Å². The lowest BCUT2D eigenvalue weighted by molar-refractivity contribution is 0.259. The van der Waals surface area contributed by atoms with E-state index in [1.807, 2.05) is 0 Å². The van der Waals surface area contributed by atoms with Gasteiger partial charge in [-0.15, -0.1) is 4.91 Å². The molecule has 1 aliphatic heterocycles. The number of hydrogen-bond donors (Lipinski definition) is 2. The second-order valence-corrected chi connectivity index (χ2v) is 4.27. The summed E-state index contributed by atoms with van der Waals surface area (Å²) in [5.41, 5.74) is 18.3. The Kier molecular flexibility index (Phi) is 4.76. The Balaban J connectivity index is 2.44. The van der Waals surface area contributed by atoms with E-state index in [0.717, 1.165) is 6.21 Å². The van der Waals surface area contributed by atoms with Crippen LogP contribution in [0, 0.1) is 10.3 Å². The van der Waals surface area contributed by atoms with Gasteiger partial charge < -0.3 is 15.5 Å². The van der Waals surface area contributed by atoms with Crippen LogP contribution in [0.3, 0.4) is 0 Å². The largest absolute Gasteiger partial charge is 0.468 e. The molecule has 0 saturated heterocycles. The SMILES string of the molecule is [N-]=[N+]=NCCc1c(N=O)cc(C=N)c2c1OC(CN=[N+]=[N-])N2. The van der Waals surface area contributed by atoms with E-state index < -0.39 is 6.23 Å². The zero-order chi connectivity index (χ0) is 15.9. The van der Waals surface area contributed by atoms with Crippen LogP contribution in [0.25, 0.3) is 20.9 Å². The molecule has 0 aliphatic carbocycles. The van der Waals surface area contributed by atoms with Crippen molar-refractivity contribution < 1.29 is 4.74 Å². The summed E-state index contributed by atoms with van der Waals surface area (Å²) in [5.74, 6) is 0.363. The summed E-state index contributed by atoms with van der Waals surface area (Å²) in [6.07, 6.45) is 0.739. The quantitative estimate of drug-likeness (QED) is 0.259. The summed E-state index contributed by atoms with van der Waals surface area (Å²) in [6, 6.07) is 1.45. The van der Waals surface area contributed by atoms with Gasteiger partial charge in [-0.05, 0) is 28.7 Å². The van der Waals surface area contributed by atoms with Gasteiger partial charge in [0.05, 0.1) is 12.2 Å². The van der Waals surface area contributed by atoms with E-state index in [9.17, 15) is 4.91 Å². The molecular formula is C11H11N9O2. The van der Waals surface area contributed by atoms with Crippen LogP contribution < -0.4 is 10.1 Å². The van der Waals surface area contributed by atoms with Gasteiger partial charge in [0.1, 0.15) is 5.69 Å². The molecule has 112 valence electrons. The molecule has 0 radical (unpaired) electrons. The Morgan fingerprint density at radius 1 is 1.41 bits per heavy atom. The number of fused-ring (bicyclic) bond motifs is 1. The van der Waals surface area contributed by atoms with Gasteiger partial charge in [0.25, 0.3) is 0 Å². The highest BCUT2D eigenvalue weighted by Gasteiger charge is 2.28. The molecule has 0 bridgehead atoms. The zero-order valence-electron chi connectivity index (χ0n) is 11.3. The molecule has 2 N–H and O–H groups in total. The predicted octanol–water partition coefficient (Wildman–Crippen LogP) is 3.38. The first-order valence-corrected chi connectivity index (χ1v) is 6.23. The Morgan fingerprint density at radius 3 is 2.82 bits per heavy atom. The van der Waals surface area contributed by atoms with Crippen LogP contribution in [0.15, 0.2) is 21.5 Å². The molecular weight excluding hydrogens is 290 g/mol. The fourth-order valence-electron chi connectivity index (χ4n) is 2.15. The van der Waals surface area contributed by atoms with Crippen molar-refractivity contribution in [2.45, 2.75) is 12.6 Å². The Morgan fingerprint density at radius 2 is 2.18 bits per heavy atom. The fraction of sp³-hybridized carbons (Fsp3) is 0.364. The van der Waals surface area contributed by atoms with Crippen LogP contribution in [0.5, 0.6) is 5.75 Å². The fourth-order valence-corrected chi connectivity index (χ4v) is 2.15. The van der Waals surface area contributed by atoms with Crippen molar-refractivity contribution in [1.82, 2.24) is 0 Å². The Hall–Kier alpha value is -3.29. The summed E-state index contributed by atoms with van der Waals surface area (Å²) in [4.78, 5) is 16.3. The summed E-state index contributed by atoms with van der Waals surface area (Å²) < 4.78 is 5.64. The van der Waals surface area contributed by atoms with Crippen molar-refractivity contribution in [2.24, 2.45) is 15.4 Å². The van der Waals surface area contributed by atoms with Crippen molar-refractivity contribution in [3.05, 3.63) is 43.0 Å². The lowest BCUT2D eigenvalue weighted by Crippen LogP contribution is -2.23. The number of nitrogens with zero attached hydrogens (tertiary/aromatic N) is 7. The first kappa shape index (κ1) is 15.1. The normalized spacial score (nSPS) is 14.6. The van der Waals surface area contributed by atoms with E-state index in [0.29, 0.717) is 22.6 Å². The molecule has 2 rings (SSSR count). The molecule has 1 unspecified atom stereocenters. The second kappa shape index (κ2) is 6.93. The molecule has 1 aromatic carbocycles. The number of ether oxygens (including phenoxy) is 1. The molecule has 0 amide bonds. The van der Waals surface area contributed by atoms with E-state index in [4.69, 9.17) is 21.2 Å². The topological polar surface area (TPSA) is 172 Å². The molecule has 22 heavy (non-hydrogen) atoms. The van der Waals surface area contributed by atoms with Crippen LogP contribution >= 0.6 is 0 Å². The van der Waals surface area contributed by atoms with Crippen molar-refractivity contribution in [2.75, 3.05) is 18.4 Å². The average Bonchev–Trinajstić information content (AvgIpc) is 2.97. The van der Waals surface area contributed by atoms with Gasteiger partial charge in [0, 0.05) is 33.7 Å². The third kappa shape index (κ3) is 2.90. The van der Waals surface area contributed by atoms with Gasteiger partial charge in [-0.25, -0.2) is 0 Å². The molecule has 1 atom stereocenters. The number of hydrogen-bond acceptors (Lipinski definition) is 7. The third-order valence-electron chi connectivity index (χ3n) is 3.05. The molecule has 0 saturated carbocycles. The van der Waals surface area contributed by atoms with Crippen LogP contribution in [0.1, 0.15) is 11.1 Å². The summed E-state index contributed by atoms with van der Waals surface area (Å²) in [7, 11) is 0. The van der Waals surface area contributed by atoms with Gasteiger partial charge in [-0.1, -0.05) is 10.2 Å². The minimum atomic E-state index is -0.593. The maximum atomic E-state index is 11.0. The van der Waals surface area contributed by atoms with Crippen LogP contribution in [-0.4, -0.2) is 25.5 Å². The van der Waals surface area contributed by atoms with E-state index in [-0.39, 0.29) is 25.2 Å². The van der Waals surface area contributed by atoms with Crippen LogP contribution in [0.2, 0.25) is 0 Å². The molecule has 1 heterocycles. The minimum absolute atomic E-state index is 0.0439. The number of nitrogens with one attached hydrogen (secondary N) is 2. The first-order valence-electron chi connectivity index (χ1n) is 6.23. The second-order valence-electron chi connectivity index (χ2n) is 4.27. The average molecular weight is 301 g/mol. The standard InChI is InChI=1S/C11H11N9O2/c12-4-6-3-8(18-21)7(1-2-15-19-13)11-10(6)17-9(22-11)5-16-20-14/h3-4,9,12,17H,1-2,5H2. The first-order chi connectivity index (χ1) is 10.7. The van der Waals surface area contributed by atoms with Gasteiger partial charge in [0.2, 0.25) is 0 Å². The molecule has 11 nitrogen and oxygen atoms in total. The van der Waals surface area contributed by atoms with E-state index in [1.165, 1.54) is 6.07 Å².